The lowest BCUT2D eigenvalue weighted by Crippen LogP contribution is -2.55. The van der Waals surface area contributed by atoms with Crippen molar-refractivity contribution in [1.82, 2.24) is 31.5 Å². The zero-order chi connectivity index (χ0) is 47.9. The van der Waals surface area contributed by atoms with Gasteiger partial charge in [-0.25, -0.2) is 4.79 Å². The van der Waals surface area contributed by atoms with Gasteiger partial charge in [0.2, 0.25) is 29.5 Å². The molecule has 346 valence electrons. The minimum Gasteiger partial charge on any atom is -0.507 e. The summed E-state index contributed by atoms with van der Waals surface area (Å²) in [5.74, 6) is -5.18. The molecular weight excluding hydrogens is 872 g/mol. The SMILES string of the molecule is C[C@@H]1NC(=O)C(N(C)C(=O)CNC(=O)c2ccc(-c3ccc(Cl)cc3)cc2)c2ccc(OC(=O)OC(C)(C)C)c(c2)-c2cc(ccc2O)CC(C(=O)NCC(=O)CC2CCNC2=O)NC1=O. The number of ketones is 1. The van der Waals surface area contributed by atoms with Gasteiger partial charge in [0.25, 0.3) is 5.91 Å². The van der Waals surface area contributed by atoms with Crippen LogP contribution < -0.4 is 31.3 Å². The van der Waals surface area contributed by atoms with E-state index in [9.17, 15) is 43.5 Å². The third-order valence-corrected chi connectivity index (χ3v) is 11.2. The number of hydrogen-bond acceptors (Lipinski definition) is 11. The molecule has 2 aliphatic heterocycles. The summed E-state index contributed by atoms with van der Waals surface area (Å²) >= 11 is 6.02. The average Bonchev–Trinajstić information content (AvgIpc) is 3.67. The maximum absolute atomic E-state index is 14.4. The Bertz CT molecular complexity index is 2540. The van der Waals surface area contributed by atoms with Crippen LogP contribution in [0.1, 0.15) is 68.1 Å². The summed E-state index contributed by atoms with van der Waals surface area (Å²) in [4.78, 5) is 108. The Labute approximate surface area is 385 Å². The number of amides is 6. The van der Waals surface area contributed by atoms with E-state index in [1.807, 2.05) is 12.1 Å². The maximum Gasteiger partial charge on any atom is 0.514 e. The van der Waals surface area contributed by atoms with Gasteiger partial charge >= 0.3 is 6.16 Å². The van der Waals surface area contributed by atoms with Crippen molar-refractivity contribution in [1.29, 1.82) is 0 Å². The number of carbonyl (C=O) groups excluding carboxylic acids is 8. The molecule has 66 heavy (non-hydrogen) atoms. The fraction of sp³-hybridized carbons (Fsp3) is 0.333. The Morgan fingerprint density at radius 2 is 1.50 bits per heavy atom. The standard InChI is InChI=1S/C48H51ClN6O11/c1-26-42(59)54-37(45(62)51-24-34(56)22-32-18-19-50-44(32)61)21-27-6-16-38(57)35(20-27)36-23-31(13-17-39(36)65-47(64)66-48(2,3)4)41(46(63)53-26)55(5)40(58)25-52-43(60)30-9-7-28(8-10-30)29-11-14-33(49)15-12-29/h6-17,20,23,26,32,37,41,57H,18-19,21-22,24-25H2,1-5H3,(H,50,61)(H,51,62)(H,52,60)(H,53,63)(H,54,59)/t26-,32?,37?,41?/m0/s1. The van der Waals surface area contributed by atoms with Crippen molar-refractivity contribution in [3.8, 4) is 33.8 Å². The number of fused-ring (bicyclic) bond motifs is 5. The van der Waals surface area contributed by atoms with Crippen LogP contribution in [0, 0.1) is 5.92 Å². The zero-order valence-corrected chi connectivity index (χ0v) is 37.7. The maximum atomic E-state index is 14.4. The van der Waals surface area contributed by atoms with Crippen LogP contribution in [0.15, 0.2) is 84.9 Å². The van der Waals surface area contributed by atoms with Gasteiger partial charge in [-0.3, -0.25) is 33.6 Å². The first-order valence-corrected chi connectivity index (χ1v) is 21.6. The molecule has 17 nitrogen and oxygen atoms in total. The summed E-state index contributed by atoms with van der Waals surface area (Å²) in [6.45, 7) is 5.80. The van der Waals surface area contributed by atoms with E-state index in [-0.39, 0.29) is 52.5 Å². The number of Topliss-reactive ketones (excluding diaryl/α,β-unsaturated/α-hetero) is 1. The Morgan fingerprint density at radius 3 is 2.15 bits per heavy atom. The largest absolute Gasteiger partial charge is 0.514 e. The molecule has 1 saturated heterocycles. The fourth-order valence-electron chi connectivity index (χ4n) is 7.43. The van der Waals surface area contributed by atoms with Gasteiger partial charge in [0.05, 0.1) is 13.1 Å². The first kappa shape index (κ1) is 48.2. The quantitative estimate of drug-likeness (QED) is 0.0912. The molecule has 6 rings (SSSR count). The second-order valence-electron chi connectivity index (χ2n) is 17.1. The minimum absolute atomic E-state index is 0.0790. The number of hydrogen-bond donors (Lipinski definition) is 6. The number of nitrogens with zero attached hydrogens (tertiary/aromatic N) is 1. The van der Waals surface area contributed by atoms with Crippen LogP contribution in [0.4, 0.5) is 4.79 Å². The van der Waals surface area contributed by atoms with Crippen molar-refractivity contribution in [2.24, 2.45) is 5.92 Å². The molecule has 1 fully saturated rings. The highest BCUT2D eigenvalue weighted by Gasteiger charge is 2.34. The molecule has 18 heteroatoms. The van der Waals surface area contributed by atoms with Crippen LogP contribution in [-0.4, -0.2) is 102 Å². The van der Waals surface area contributed by atoms with Gasteiger partial charge in [0.1, 0.15) is 35.2 Å². The normalized spacial score (nSPS) is 18.4. The van der Waals surface area contributed by atoms with E-state index in [1.54, 1.807) is 57.2 Å². The van der Waals surface area contributed by atoms with Gasteiger partial charge in [-0.05, 0) is 105 Å². The first-order chi connectivity index (χ1) is 31.3. The van der Waals surface area contributed by atoms with Crippen LogP contribution in [0.25, 0.3) is 22.3 Å². The molecule has 4 atom stereocenters. The van der Waals surface area contributed by atoms with Crippen molar-refractivity contribution in [3.05, 3.63) is 107 Å². The number of likely N-dealkylation sites (N-methyl/N-ethyl adjacent to an activating group) is 1. The molecule has 6 N–H and O–H groups in total. The van der Waals surface area contributed by atoms with Crippen molar-refractivity contribution >= 4 is 59.0 Å². The molecule has 0 radical (unpaired) electrons. The predicted octanol–water partition coefficient (Wildman–Crippen LogP) is 4.38. The summed E-state index contributed by atoms with van der Waals surface area (Å²) in [6.07, 6.45) is -0.828. The van der Waals surface area contributed by atoms with E-state index in [1.165, 1.54) is 50.4 Å². The smallest absolute Gasteiger partial charge is 0.507 e. The second kappa shape index (κ2) is 20.7. The van der Waals surface area contributed by atoms with E-state index in [0.717, 1.165) is 16.0 Å². The van der Waals surface area contributed by atoms with Gasteiger partial charge in [-0.15, -0.1) is 0 Å². The van der Waals surface area contributed by atoms with Gasteiger partial charge < -0.3 is 46.1 Å². The van der Waals surface area contributed by atoms with E-state index in [0.29, 0.717) is 23.6 Å². The van der Waals surface area contributed by atoms with E-state index >= 15 is 0 Å². The minimum atomic E-state index is -1.49. The lowest BCUT2D eigenvalue weighted by molar-refractivity contribution is -0.139. The third kappa shape index (κ3) is 12.3. The van der Waals surface area contributed by atoms with E-state index < -0.39 is 84.2 Å². The van der Waals surface area contributed by atoms with Gasteiger partial charge in [-0.1, -0.05) is 48.0 Å². The fourth-order valence-corrected chi connectivity index (χ4v) is 7.56. The lowest BCUT2D eigenvalue weighted by atomic mass is 9.93. The molecule has 0 aromatic heterocycles. The molecule has 0 saturated carbocycles. The molecule has 4 bridgehead atoms. The zero-order valence-electron chi connectivity index (χ0n) is 37.0. The van der Waals surface area contributed by atoms with Crippen molar-refractivity contribution < 1.29 is 52.9 Å². The molecule has 3 unspecified atom stereocenters. The number of nitrogens with one attached hydrogen (secondary N) is 5. The van der Waals surface area contributed by atoms with Crippen molar-refractivity contribution in [2.45, 2.75) is 70.7 Å². The number of phenolic OH excluding ortho intramolecular Hbond substituents is 1. The van der Waals surface area contributed by atoms with Crippen molar-refractivity contribution in [3.63, 3.8) is 0 Å². The van der Waals surface area contributed by atoms with Crippen LogP contribution in [0.3, 0.4) is 0 Å². The molecule has 4 aromatic carbocycles. The summed E-state index contributed by atoms with van der Waals surface area (Å²) < 4.78 is 11.0. The summed E-state index contributed by atoms with van der Waals surface area (Å²) in [5, 5.41) is 25.0. The summed E-state index contributed by atoms with van der Waals surface area (Å²) in [5.41, 5.74) is 1.78. The second-order valence-corrected chi connectivity index (χ2v) is 17.5. The number of halogens is 1. The highest BCUT2D eigenvalue weighted by molar-refractivity contribution is 6.30. The van der Waals surface area contributed by atoms with Crippen LogP contribution >= 0.6 is 11.6 Å². The molecule has 0 aliphatic carbocycles. The Kier molecular flexibility index (Phi) is 15.1. The topological polar surface area (TPSA) is 239 Å². The average molecular weight is 923 g/mol. The molecular formula is C48H51ClN6O11. The predicted molar refractivity (Wildman–Crippen MR) is 242 cm³/mol. The van der Waals surface area contributed by atoms with E-state index in [2.05, 4.69) is 26.6 Å². The van der Waals surface area contributed by atoms with Crippen molar-refractivity contribution in [2.75, 3.05) is 26.7 Å². The van der Waals surface area contributed by atoms with Crippen LogP contribution in [0.5, 0.6) is 11.5 Å². The Morgan fingerprint density at radius 1 is 0.818 bits per heavy atom. The monoisotopic (exact) mass is 922 g/mol. The first-order valence-electron chi connectivity index (χ1n) is 21.2. The third-order valence-electron chi connectivity index (χ3n) is 10.9. The molecule has 6 amide bonds. The number of benzene rings is 4. The van der Waals surface area contributed by atoms with Gasteiger partial charge in [-0.2, -0.15) is 0 Å². The lowest BCUT2D eigenvalue weighted by Gasteiger charge is -2.30. The van der Waals surface area contributed by atoms with Crippen LogP contribution in [-0.2, 0) is 39.9 Å². The number of rotatable bonds is 11. The number of phenols is 1. The number of aromatic hydroxyl groups is 1. The Hall–Kier alpha value is -7.27. The van der Waals surface area contributed by atoms with E-state index in [4.69, 9.17) is 21.1 Å². The van der Waals surface area contributed by atoms with Gasteiger partial charge in [0.15, 0.2) is 5.78 Å². The summed E-state index contributed by atoms with van der Waals surface area (Å²) in [6, 6.07) is 18.4. The molecule has 2 aliphatic rings. The highest BCUT2D eigenvalue weighted by atomic mass is 35.5. The Balaban J connectivity index is 1.30. The molecule has 2 heterocycles. The van der Waals surface area contributed by atoms with Crippen LogP contribution in [0.2, 0.25) is 5.02 Å². The molecule has 4 aromatic rings. The summed E-state index contributed by atoms with van der Waals surface area (Å²) in [7, 11) is 1.33. The number of carbonyl (C=O) groups is 8. The number of ether oxygens (including phenoxy) is 2. The molecule has 0 spiro atoms. The van der Waals surface area contributed by atoms with Gasteiger partial charge in [0, 0.05) is 54.1 Å². The highest BCUT2D eigenvalue weighted by Crippen LogP contribution is 2.40.